The molecule has 1 saturated heterocycles. The molecule has 0 spiro atoms. The Bertz CT molecular complexity index is 257. The Morgan fingerprint density at radius 2 is 1.89 bits per heavy atom. The summed E-state index contributed by atoms with van der Waals surface area (Å²) >= 11 is 0. The van der Waals surface area contributed by atoms with E-state index in [1.807, 2.05) is 0 Å². The predicted octanol–water partition coefficient (Wildman–Crippen LogP) is -0.573. The topological polar surface area (TPSA) is 65.0 Å². The van der Waals surface area contributed by atoms with E-state index >= 15 is 0 Å². The molecule has 0 aromatic carbocycles. The summed E-state index contributed by atoms with van der Waals surface area (Å²) in [5, 5.41) is 23.5. The van der Waals surface area contributed by atoms with E-state index in [1.165, 1.54) is 0 Å². The van der Waals surface area contributed by atoms with Crippen molar-refractivity contribution in [1.29, 1.82) is 0 Å². The van der Waals surface area contributed by atoms with Crippen LogP contribution in [0.25, 0.3) is 0 Å². The van der Waals surface area contributed by atoms with Crippen molar-refractivity contribution in [3.8, 4) is 0 Å². The second-order valence-electron chi connectivity index (χ2n) is 5.78. The summed E-state index contributed by atoms with van der Waals surface area (Å²) in [6, 6.07) is 0.475. The average Bonchev–Trinajstić information content (AvgIpc) is 2.61. The minimum Gasteiger partial charge on any atom is -0.390 e. The number of hydrogen-bond acceptors (Lipinski definition) is 5. The minimum atomic E-state index is -0.662. The highest BCUT2D eigenvalue weighted by Gasteiger charge is 2.42. The number of hydrogen-bond donors (Lipinski definition) is 3. The van der Waals surface area contributed by atoms with Crippen LogP contribution in [0.4, 0.5) is 0 Å². The lowest BCUT2D eigenvalue weighted by molar-refractivity contribution is -0.00729. The summed E-state index contributed by atoms with van der Waals surface area (Å²) < 4.78 is 5.09. The van der Waals surface area contributed by atoms with Gasteiger partial charge >= 0.3 is 0 Å². The molecule has 0 aromatic heterocycles. The van der Waals surface area contributed by atoms with Crippen molar-refractivity contribution in [1.82, 2.24) is 10.2 Å². The molecule has 2 fully saturated rings. The van der Waals surface area contributed by atoms with Crippen LogP contribution in [-0.2, 0) is 4.74 Å². The first kappa shape index (κ1) is 14.2. The molecular formula is C13H26N2O3. The lowest BCUT2D eigenvalue weighted by atomic mass is 10.0. The normalized spacial score (nSPS) is 39.3. The Morgan fingerprint density at radius 1 is 1.22 bits per heavy atom. The molecule has 0 bridgehead atoms. The molecule has 0 aromatic rings. The minimum absolute atomic E-state index is 0.00792. The number of nitrogens with one attached hydrogen (secondary N) is 1. The van der Waals surface area contributed by atoms with Crippen molar-refractivity contribution in [3.05, 3.63) is 0 Å². The van der Waals surface area contributed by atoms with Gasteiger partial charge in [0.25, 0.3) is 0 Å². The molecule has 0 amide bonds. The molecule has 0 radical (unpaired) electrons. The molecule has 5 heteroatoms. The van der Waals surface area contributed by atoms with Crippen molar-refractivity contribution in [2.75, 3.05) is 33.9 Å². The first-order valence-corrected chi connectivity index (χ1v) is 6.91. The quantitative estimate of drug-likeness (QED) is 0.630. The summed E-state index contributed by atoms with van der Waals surface area (Å²) in [7, 11) is 3.77. The smallest absolute Gasteiger partial charge is 0.0955 e. The van der Waals surface area contributed by atoms with Crippen LogP contribution in [0.5, 0.6) is 0 Å². The van der Waals surface area contributed by atoms with E-state index < -0.39 is 12.2 Å². The monoisotopic (exact) mass is 258 g/mol. The first-order chi connectivity index (χ1) is 8.61. The van der Waals surface area contributed by atoms with Crippen LogP contribution < -0.4 is 5.32 Å². The van der Waals surface area contributed by atoms with Gasteiger partial charge in [-0.05, 0) is 39.4 Å². The maximum absolute atomic E-state index is 10.1. The Balaban J connectivity index is 1.82. The SMILES string of the molecule is COCC1CC(NC2CCN(C)CC2)C(O)C1O. The molecule has 1 heterocycles. The van der Waals surface area contributed by atoms with E-state index in [0.29, 0.717) is 12.6 Å². The highest BCUT2D eigenvalue weighted by Crippen LogP contribution is 2.28. The van der Waals surface area contributed by atoms with Gasteiger partial charge in [0, 0.05) is 25.1 Å². The number of ether oxygens (including phenoxy) is 1. The Hall–Kier alpha value is -0.200. The van der Waals surface area contributed by atoms with Gasteiger partial charge < -0.3 is 25.2 Å². The fraction of sp³-hybridized carbons (Fsp3) is 1.00. The molecule has 18 heavy (non-hydrogen) atoms. The number of methoxy groups -OCH3 is 1. The number of piperidine rings is 1. The van der Waals surface area contributed by atoms with Gasteiger partial charge in [0.15, 0.2) is 0 Å². The number of likely N-dealkylation sites (tertiary alicyclic amines) is 1. The van der Waals surface area contributed by atoms with Gasteiger partial charge in [0.05, 0.1) is 18.8 Å². The van der Waals surface area contributed by atoms with E-state index in [4.69, 9.17) is 4.74 Å². The zero-order valence-corrected chi connectivity index (χ0v) is 11.4. The van der Waals surface area contributed by atoms with E-state index in [2.05, 4.69) is 17.3 Å². The largest absolute Gasteiger partial charge is 0.390 e. The van der Waals surface area contributed by atoms with Gasteiger partial charge in [0.2, 0.25) is 0 Å². The van der Waals surface area contributed by atoms with Crippen LogP contribution in [0.2, 0.25) is 0 Å². The maximum atomic E-state index is 10.1. The standard InChI is InChI=1S/C13H26N2O3/c1-15-5-3-10(4-6-15)14-11-7-9(8-18-2)12(16)13(11)17/h9-14,16-17H,3-8H2,1-2H3. The van der Waals surface area contributed by atoms with Gasteiger partial charge in [0.1, 0.15) is 0 Å². The van der Waals surface area contributed by atoms with Crippen LogP contribution in [0, 0.1) is 5.92 Å². The Labute approximate surface area is 109 Å². The molecule has 106 valence electrons. The third kappa shape index (κ3) is 3.22. The zero-order chi connectivity index (χ0) is 13.1. The molecule has 2 rings (SSSR count). The van der Waals surface area contributed by atoms with Crippen LogP contribution in [0.15, 0.2) is 0 Å². The Kier molecular flexibility index (Phi) is 4.98. The van der Waals surface area contributed by atoms with Gasteiger partial charge in [-0.1, -0.05) is 0 Å². The second kappa shape index (κ2) is 6.30. The molecule has 2 aliphatic rings. The van der Waals surface area contributed by atoms with Gasteiger partial charge in [-0.15, -0.1) is 0 Å². The molecule has 5 nitrogen and oxygen atoms in total. The van der Waals surface area contributed by atoms with Crippen molar-refractivity contribution < 1.29 is 14.9 Å². The fourth-order valence-corrected chi connectivity index (χ4v) is 3.15. The van der Waals surface area contributed by atoms with Gasteiger partial charge in [-0.2, -0.15) is 0 Å². The first-order valence-electron chi connectivity index (χ1n) is 6.91. The molecule has 1 saturated carbocycles. The van der Waals surface area contributed by atoms with Crippen LogP contribution in [0.1, 0.15) is 19.3 Å². The summed E-state index contributed by atoms with van der Waals surface area (Å²) in [4.78, 5) is 2.33. The van der Waals surface area contributed by atoms with Crippen molar-refractivity contribution in [2.45, 2.75) is 43.6 Å². The van der Waals surface area contributed by atoms with E-state index in [0.717, 1.165) is 32.4 Å². The third-order valence-corrected chi connectivity index (χ3v) is 4.35. The zero-order valence-electron chi connectivity index (χ0n) is 11.4. The lowest BCUT2D eigenvalue weighted by Gasteiger charge is -2.32. The van der Waals surface area contributed by atoms with Gasteiger partial charge in [-0.3, -0.25) is 0 Å². The number of aliphatic hydroxyl groups excluding tert-OH is 2. The summed E-state index contributed by atoms with van der Waals surface area (Å²) in [6.07, 6.45) is 1.71. The third-order valence-electron chi connectivity index (χ3n) is 4.35. The average molecular weight is 258 g/mol. The summed E-state index contributed by atoms with van der Waals surface area (Å²) in [5.41, 5.74) is 0. The van der Waals surface area contributed by atoms with Crippen molar-refractivity contribution >= 4 is 0 Å². The Morgan fingerprint density at radius 3 is 2.50 bits per heavy atom. The molecule has 4 atom stereocenters. The molecule has 1 aliphatic heterocycles. The molecule has 4 unspecified atom stereocenters. The highest BCUT2D eigenvalue weighted by molar-refractivity contribution is 4.97. The number of rotatable bonds is 4. The van der Waals surface area contributed by atoms with Gasteiger partial charge in [-0.25, -0.2) is 0 Å². The van der Waals surface area contributed by atoms with E-state index in [9.17, 15) is 10.2 Å². The van der Waals surface area contributed by atoms with Crippen molar-refractivity contribution in [3.63, 3.8) is 0 Å². The maximum Gasteiger partial charge on any atom is 0.0955 e. The number of aliphatic hydroxyl groups is 2. The summed E-state index contributed by atoms with van der Waals surface area (Å²) in [6.45, 7) is 2.72. The van der Waals surface area contributed by atoms with Crippen molar-refractivity contribution in [2.24, 2.45) is 5.92 Å². The second-order valence-corrected chi connectivity index (χ2v) is 5.78. The predicted molar refractivity (Wildman–Crippen MR) is 69.4 cm³/mol. The van der Waals surface area contributed by atoms with E-state index in [1.54, 1.807) is 7.11 Å². The van der Waals surface area contributed by atoms with Crippen LogP contribution in [-0.4, -0.2) is 73.3 Å². The molecular weight excluding hydrogens is 232 g/mol. The number of nitrogens with zero attached hydrogens (tertiary/aromatic N) is 1. The van der Waals surface area contributed by atoms with E-state index in [-0.39, 0.29) is 12.0 Å². The van der Waals surface area contributed by atoms with Crippen LogP contribution in [0.3, 0.4) is 0 Å². The summed E-state index contributed by atoms with van der Waals surface area (Å²) in [5.74, 6) is 0.0498. The van der Waals surface area contributed by atoms with Crippen LogP contribution >= 0.6 is 0 Å². The highest BCUT2D eigenvalue weighted by atomic mass is 16.5. The molecule has 3 N–H and O–H groups in total. The lowest BCUT2D eigenvalue weighted by Crippen LogP contribution is -2.49. The molecule has 1 aliphatic carbocycles. The fourth-order valence-electron chi connectivity index (χ4n) is 3.15.